The lowest BCUT2D eigenvalue weighted by molar-refractivity contribution is -0.136. The number of nitrogens with two attached hydrogens (primary N) is 1. The third-order valence-corrected chi connectivity index (χ3v) is 1.93. The highest BCUT2D eigenvalue weighted by molar-refractivity contribution is 5.85. The number of rotatable bonds is 6. The Kier molecular flexibility index (Phi) is 9.01. The Bertz CT molecular complexity index is 181. The molecule has 2 N–H and O–H groups in total. The minimum atomic E-state index is -0.789. The Morgan fingerprint density at radius 2 is 1.93 bits per heavy atom. The molecule has 0 spiro atoms. The van der Waals surface area contributed by atoms with Crippen molar-refractivity contribution in [2.45, 2.75) is 33.2 Å². The molecule has 0 bridgehead atoms. The van der Waals surface area contributed by atoms with Gasteiger partial charge < -0.3 is 15.4 Å². The highest BCUT2D eigenvalue weighted by Gasteiger charge is 2.26. The summed E-state index contributed by atoms with van der Waals surface area (Å²) in [4.78, 5) is 13.5. The highest BCUT2D eigenvalue weighted by atomic mass is 35.5. The first-order chi connectivity index (χ1) is 6.43. The number of carbonyl (C=O) groups is 1. The minimum absolute atomic E-state index is 0. The van der Waals surface area contributed by atoms with E-state index >= 15 is 0 Å². The Morgan fingerprint density at radius 3 is 2.27 bits per heavy atom. The number of ether oxygens (including phenoxy) is 1. The quantitative estimate of drug-likeness (QED) is 0.704. The van der Waals surface area contributed by atoms with Crippen LogP contribution < -0.4 is 5.73 Å². The minimum Gasteiger partial charge on any atom is -0.380 e. The maximum atomic E-state index is 11.7. The van der Waals surface area contributed by atoms with Crippen LogP contribution >= 0.6 is 12.4 Å². The fraction of sp³-hybridized carbons (Fsp3) is 0.900. The van der Waals surface area contributed by atoms with Gasteiger partial charge in [0.25, 0.3) is 0 Å². The van der Waals surface area contributed by atoms with Crippen LogP contribution in [-0.2, 0) is 9.53 Å². The number of halogens is 1. The number of hydrogen-bond donors (Lipinski definition) is 1. The van der Waals surface area contributed by atoms with Crippen LogP contribution in [0.1, 0.15) is 27.7 Å². The molecule has 0 aromatic heterocycles. The van der Waals surface area contributed by atoms with Gasteiger partial charge in [-0.25, -0.2) is 0 Å². The first-order valence-electron chi connectivity index (χ1n) is 5.09. The molecule has 0 saturated carbocycles. The number of nitrogens with zero attached hydrogens (tertiary/aromatic N) is 1. The average molecular weight is 239 g/mol. The monoisotopic (exact) mass is 238 g/mol. The van der Waals surface area contributed by atoms with Crippen molar-refractivity contribution in [1.82, 2.24) is 4.90 Å². The van der Waals surface area contributed by atoms with Crippen molar-refractivity contribution in [2.24, 2.45) is 5.73 Å². The summed E-state index contributed by atoms with van der Waals surface area (Å²) >= 11 is 0. The van der Waals surface area contributed by atoms with Crippen LogP contribution in [0.4, 0.5) is 0 Å². The van der Waals surface area contributed by atoms with E-state index in [-0.39, 0.29) is 18.3 Å². The summed E-state index contributed by atoms with van der Waals surface area (Å²) in [5.74, 6) is -0.0281. The van der Waals surface area contributed by atoms with Crippen molar-refractivity contribution in [1.29, 1.82) is 0 Å². The molecule has 0 unspecified atom stereocenters. The van der Waals surface area contributed by atoms with Gasteiger partial charge in [-0.3, -0.25) is 4.79 Å². The van der Waals surface area contributed by atoms with Crippen molar-refractivity contribution in [3.63, 3.8) is 0 Å². The summed E-state index contributed by atoms with van der Waals surface area (Å²) in [6, 6.07) is 0. The van der Waals surface area contributed by atoms with E-state index in [9.17, 15) is 4.79 Å². The summed E-state index contributed by atoms with van der Waals surface area (Å²) < 4.78 is 5.19. The lowest BCUT2D eigenvalue weighted by Gasteiger charge is -2.28. The standard InChI is InChI=1S/C10H22N2O2.ClH/c1-5-12(7-8-14-6-2)9(13)10(3,4)11;/h5-8,11H2,1-4H3;1H. The molecular formula is C10H23ClN2O2. The van der Waals surface area contributed by atoms with Crippen LogP contribution in [0.15, 0.2) is 0 Å². The Balaban J connectivity index is 0. The summed E-state index contributed by atoms with van der Waals surface area (Å²) in [5, 5.41) is 0. The van der Waals surface area contributed by atoms with E-state index in [1.807, 2.05) is 13.8 Å². The first kappa shape index (κ1) is 17.1. The topological polar surface area (TPSA) is 55.6 Å². The van der Waals surface area contributed by atoms with Gasteiger partial charge in [0.15, 0.2) is 0 Å². The van der Waals surface area contributed by atoms with Gasteiger partial charge in [0.05, 0.1) is 12.1 Å². The van der Waals surface area contributed by atoms with Crippen molar-refractivity contribution in [3.05, 3.63) is 0 Å². The molecule has 15 heavy (non-hydrogen) atoms. The van der Waals surface area contributed by atoms with Crippen LogP contribution in [0.3, 0.4) is 0 Å². The molecule has 92 valence electrons. The molecule has 0 saturated heterocycles. The predicted octanol–water partition coefficient (Wildman–Crippen LogP) is 1.03. The molecule has 0 atom stereocenters. The summed E-state index contributed by atoms with van der Waals surface area (Å²) in [6.07, 6.45) is 0. The van der Waals surface area contributed by atoms with E-state index in [0.29, 0.717) is 26.3 Å². The first-order valence-corrected chi connectivity index (χ1v) is 5.09. The molecule has 0 radical (unpaired) electrons. The lowest BCUT2D eigenvalue weighted by atomic mass is 10.1. The van der Waals surface area contributed by atoms with E-state index < -0.39 is 5.54 Å². The van der Waals surface area contributed by atoms with Crippen LogP contribution in [0.2, 0.25) is 0 Å². The summed E-state index contributed by atoms with van der Waals surface area (Å²) in [7, 11) is 0. The second kappa shape index (κ2) is 7.91. The Hall–Kier alpha value is -0.320. The maximum Gasteiger partial charge on any atom is 0.242 e. The second-order valence-corrected chi connectivity index (χ2v) is 3.80. The third-order valence-electron chi connectivity index (χ3n) is 1.93. The van der Waals surface area contributed by atoms with Crippen molar-refractivity contribution in [3.8, 4) is 0 Å². The van der Waals surface area contributed by atoms with Gasteiger partial charge in [-0.2, -0.15) is 0 Å². The average Bonchev–Trinajstić information content (AvgIpc) is 2.10. The number of likely N-dealkylation sites (N-methyl/N-ethyl adjacent to an activating group) is 1. The van der Waals surface area contributed by atoms with Gasteiger partial charge in [0.1, 0.15) is 0 Å². The lowest BCUT2D eigenvalue weighted by Crippen LogP contribution is -2.51. The van der Waals surface area contributed by atoms with Crippen LogP contribution in [0.25, 0.3) is 0 Å². The van der Waals surface area contributed by atoms with Crippen LogP contribution in [0, 0.1) is 0 Å². The molecule has 0 aliphatic rings. The molecule has 1 amide bonds. The van der Waals surface area contributed by atoms with E-state index in [0.717, 1.165) is 0 Å². The van der Waals surface area contributed by atoms with Gasteiger partial charge in [-0.15, -0.1) is 12.4 Å². The molecular weight excluding hydrogens is 216 g/mol. The third kappa shape index (κ3) is 6.71. The van der Waals surface area contributed by atoms with Gasteiger partial charge in [0.2, 0.25) is 5.91 Å². The molecule has 0 aromatic rings. The number of hydrogen-bond acceptors (Lipinski definition) is 3. The smallest absolute Gasteiger partial charge is 0.242 e. The number of amides is 1. The van der Waals surface area contributed by atoms with E-state index in [4.69, 9.17) is 10.5 Å². The molecule has 0 rings (SSSR count). The largest absolute Gasteiger partial charge is 0.380 e. The zero-order chi connectivity index (χ0) is 11.2. The van der Waals surface area contributed by atoms with Crippen molar-refractivity contribution >= 4 is 18.3 Å². The SMILES string of the molecule is CCOCCN(CC)C(=O)C(C)(C)N.Cl. The van der Waals surface area contributed by atoms with Gasteiger partial charge in [-0.1, -0.05) is 0 Å². The summed E-state index contributed by atoms with van der Waals surface area (Å²) in [5.41, 5.74) is 4.94. The summed E-state index contributed by atoms with van der Waals surface area (Å²) in [6.45, 7) is 9.86. The van der Waals surface area contributed by atoms with Crippen LogP contribution in [-0.4, -0.2) is 42.6 Å². The molecule has 0 fully saturated rings. The Labute approximate surface area is 98.6 Å². The molecule has 5 heteroatoms. The molecule has 0 aliphatic carbocycles. The Morgan fingerprint density at radius 1 is 1.40 bits per heavy atom. The van der Waals surface area contributed by atoms with Crippen LogP contribution in [0.5, 0.6) is 0 Å². The molecule has 0 aromatic carbocycles. The fourth-order valence-corrected chi connectivity index (χ4v) is 1.13. The molecule has 0 heterocycles. The van der Waals surface area contributed by atoms with Crippen molar-refractivity contribution < 1.29 is 9.53 Å². The predicted molar refractivity (Wildman–Crippen MR) is 64.3 cm³/mol. The normalized spacial score (nSPS) is 10.7. The van der Waals surface area contributed by atoms with Gasteiger partial charge >= 0.3 is 0 Å². The van der Waals surface area contributed by atoms with Gasteiger partial charge in [0, 0.05) is 19.7 Å². The number of carbonyl (C=O) groups excluding carboxylic acids is 1. The maximum absolute atomic E-state index is 11.7. The highest BCUT2D eigenvalue weighted by Crippen LogP contribution is 2.03. The zero-order valence-electron chi connectivity index (χ0n) is 10.1. The fourth-order valence-electron chi connectivity index (χ4n) is 1.13. The molecule has 4 nitrogen and oxygen atoms in total. The van der Waals surface area contributed by atoms with Crippen molar-refractivity contribution in [2.75, 3.05) is 26.3 Å². The molecule has 0 aliphatic heterocycles. The van der Waals surface area contributed by atoms with Gasteiger partial charge in [-0.05, 0) is 27.7 Å². The van der Waals surface area contributed by atoms with E-state index in [2.05, 4.69) is 0 Å². The zero-order valence-corrected chi connectivity index (χ0v) is 10.9. The van der Waals surface area contributed by atoms with E-state index in [1.165, 1.54) is 0 Å². The van der Waals surface area contributed by atoms with E-state index in [1.54, 1.807) is 18.7 Å². The second-order valence-electron chi connectivity index (χ2n) is 3.80.